The van der Waals surface area contributed by atoms with E-state index in [2.05, 4.69) is 246 Å². The van der Waals surface area contributed by atoms with Gasteiger partial charge in [-0.3, -0.25) is 8.78 Å². The van der Waals surface area contributed by atoms with E-state index in [1.54, 1.807) is 72.4 Å². The number of benzene rings is 9. The average Bonchev–Trinajstić information content (AvgIpc) is 1.54. The summed E-state index contributed by atoms with van der Waals surface area (Å²) in [6.45, 7) is 12.1. The first-order valence-corrected chi connectivity index (χ1v) is 27.4. The van der Waals surface area contributed by atoms with Gasteiger partial charge in [0, 0.05) is 145 Å². The largest absolute Gasteiger partial charge is 0.504 e. The van der Waals surface area contributed by atoms with Crippen molar-refractivity contribution in [2.24, 2.45) is 0 Å². The molecule has 6 heterocycles. The smallest absolute Gasteiger partial charge is 0.400 e. The van der Waals surface area contributed by atoms with Crippen LogP contribution in [0, 0.1) is 69.8 Å². The maximum atomic E-state index is 15.2. The molecule has 0 aliphatic carbocycles. The number of nitrogens with zero attached hydrogens (tertiary/aromatic N) is 12. The molecule has 6 aliphatic rings. The number of hydrogen-bond donors (Lipinski definition) is 0. The molecule has 0 saturated carbocycles. The molecule has 12 nitrogen and oxygen atoms in total. The Kier molecular flexibility index (Phi) is 18.4. The van der Waals surface area contributed by atoms with E-state index in [4.69, 9.17) is 0 Å². The molecule has 15 rings (SSSR count). The van der Waals surface area contributed by atoms with Crippen molar-refractivity contribution in [1.29, 1.82) is 0 Å². The molecule has 0 amide bonds. The van der Waals surface area contributed by atoms with Gasteiger partial charge in [0.25, 0.3) is 0 Å². The summed E-state index contributed by atoms with van der Waals surface area (Å²) < 4.78 is 71.9. The molecule has 20 heteroatoms. The predicted octanol–water partition coefficient (Wildman–Crippen LogP) is 15.9. The van der Waals surface area contributed by atoms with Crippen molar-refractivity contribution in [2.75, 3.05) is 101 Å². The van der Waals surface area contributed by atoms with Gasteiger partial charge in [-0.15, -0.1) is 46.9 Å². The van der Waals surface area contributed by atoms with Crippen LogP contribution in [0.5, 0.6) is 0 Å². The normalized spacial score (nSPS) is 14.9. The number of alkyl halides is 3. The van der Waals surface area contributed by atoms with Crippen LogP contribution in [0.3, 0.4) is 0 Å². The van der Waals surface area contributed by atoms with Gasteiger partial charge in [-0.2, -0.15) is 83.5 Å². The van der Waals surface area contributed by atoms with Crippen molar-refractivity contribution in [3.63, 3.8) is 0 Å². The number of halogens is 5. The Morgan fingerprint density at radius 1 is 0.318 bits per heavy atom. The van der Waals surface area contributed by atoms with Crippen LogP contribution < -0.4 is 58.8 Å². The van der Waals surface area contributed by atoms with Gasteiger partial charge in [0.2, 0.25) is 0 Å². The van der Waals surface area contributed by atoms with E-state index < -0.39 is 34.7 Å². The number of rotatable bonds is 7. The Morgan fingerprint density at radius 2 is 0.591 bits per heavy atom. The number of para-hydroxylation sites is 12. The maximum Gasteiger partial charge on any atom is 0.400 e. The van der Waals surface area contributed by atoms with Crippen LogP contribution in [0.1, 0.15) is 11.1 Å². The Hall–Kier alpha value is -7.86. The van der Waals surface area contributed by atoms with Crippen LogP contribution in [-0.4, -0.2) is 42.3 Å². The van der Waals surface area contributed by atoms with Gasteiger partial charge in [0.05, 0.1) is 0 Å². The van der Waals surface area contributed by atoms with Crippen molar-refractivity contribution in [2.45, 2.75) is 12.7 Å². The van der Waals surface area contributed by atoms with Crippen molar-refractivity contribution < 1.29 is 81.3 Å². The SMILES string of the molecule is CN1[CH-]N(Cc2[c-]c(N3[CH-]N(C)c4ccccc43)ccc2)c2ccccc21.CN1[CH-]N(c2[c-]c(N3[CH-]N(C)c4ccccc43)c(F)c(C(F)(F)F)c2F)c2ccccc21.CN1[CH-]N(c2[c-]c(N3[CH-]N(C)c4ccccc43)ccc2)c2ccccc21.[Os].[Os].[Os]. The van der Waals surface area contributed by atoms with Gasteiger partial charge in [-0.1, -0.05) is 84.2 Å². The van der Waals surface area contributed by atoms with Crippen molar-refractivity contribution in [3.8, 4) is 0 Å². The number of anilines is 17. The molecule has 88 heavy (non-hydrogen) atoms. The van der Waals surface area contributed by atoms with Gasteiger partial charge in [-0.05, 0) is 122 Å². The molecule has 0 bridgehead atoms. The van der Waals surface area contributed by atoms with E-state index in [1.807, 2.05) is 0 Å². The van der Waals surface area contributed by atoms with Gasteiger partial charge in [-0.25, -0.2) is 0 Å². The first kappa shape index (κ1) is 63.2. The zero-order valence-corrected chi connectivity index (χ0v) is 55.9. The van der Waals surface area contributed by atoms with Crippen molar-refractivity contribution >= 4 is 96.7 Å². The topological polar surface area (TPSA) is 38.9 Å². The molecule has 0 atom stereocenters. The van der Waals surface area contributed by atoms with Crippen LogP contribution in [0.4, 0.5) is 119 Å². The van der Waals surface area contributed by atoms with E-state index in [-0.39, 0.29) is 59.4 Å². The predicted molar refractivity (Wildman–Crippen MR) is 333 cm³/mol. The first-order chi connectivity index (χ1) is 41.1. The standard InChI is InChI=1S/C23H16F5N4.C23H21N4.C22H19N4.3Os/c1-29-12-31(16-9-5-3-7-14(16)29)18-11-19(22(25)20(21(18)24)23(26,27)28)32-13-30(2)15-8-4-6-10-17(15)32;1-24-16-26(22-12-5-3-10-20(22)24)15-18-8-7-9-19(14-18)27-17-25(2)21-11-4-6-13-23(21)27;1-23-15-25(21-12-5-3-10-19(21)23)17-8-7-9-18(14-17)26-16-24(2)20-11-4-6-13-22(20)26;;;/h3-10,12-13H,1-2H3;3-13,16-17H,15H2,1-2H3;3-13,15-16H,1-2H3;;;/q3*-3;;;. The fraction of sp³-hybridized carbons (Fsp3) is 0.118. The quantitative estimate of drug-likeness (QED) is 0.113. The van der Waals surface area contributed by atoms with Crippen LogP contribution >= 0.6 is 0 Å². The van der Waals surface area contributed by atoms with Crippen molar-refractivity contribution in [3.05, 3.63) is 263 Å². The van der Waals surface area contributed by atoms with E-state index in [0.717, 1.165) is 29.2 Å². The summed E-state index contributed by atoms with van der Waals surface area (Å²) in [6, 6.07) is 69.9. The molecule has 9 aromatic carbocycles. The van der Waals surface area contributed by atoms with Gasteiger partial charge < -0.3 is 58.8 Å². The summed E-state index contributed by atoms with van der Waals surface area (Å²) in [5.41, 5.74) is 13.1. The van der Waals surface area contributed by atoms with E-state index in [9.17, 15) is 13.2 Å². The van der Waals surface area contributed by atoms with Crippen LogP contribution in [0.2, 0.25) is 0 Å². The van der Waals surface area contributed by atoms with Crippen LogP contribution in [0.15, 0.2) is 182 Å². The van der Waals surface area contributed by atoms with E-state index in [0.29, 0.717) is 22.7 Å². The maximum absolute atomic E-state index is 15.2. The molecule has 0 unspecified atom stereocenters. The molecule has 0 N–H and O–H groups in total. The fourth-order valence-corrected chi connectivity index (χ4v) is 11.5. The Morgan fingerprint density at radius 3 is 0.943 bits per heavy atom. The minimum Gasteiger partial charge on any atom is -0.504 e. The second kappa shape index (κ2) is 25.7. The van der Waals surface area contributed by atoms with Crippen molar-refractivity contribution in [1.82, 2.24) is 0 Å². The molecular weight excluding hydrogens is 1650 g/mol. The summed E-state index contributed by atoms with van der Waals surface area (Å²) >= 11 is 0. The zero-order valence-electron chi connectivity index (χ0n) is 48.3. The van der Waals surface area contributed by atoms with Crippen LogP contribution in [-0.2, 0) is 72.1 Å². The Bertz CT molecular complexity index is 3830. The van der Waals surface area contributed by atoms with Gasteiger partial charge >= 0.3 is 6.18 Å². The third kappa shape index (κ3) is 11.6. The minimum absolute atomic E-state index is 0. The summed E-state index contributed by atoms with van der Waals surface area (Å²) in [6.07, 6.45) is -5.25. The molecule has 0 spiro atoms. The summed E-state index contributed by atoms with van der Waals surface area (Å²) in [5.74, 6) is -3.44. The monoisotopic (exact) mass is 1710 g/mol. The second-order valence-corrected chi connectivity index (χ2v) is 21.1. The molecule has 9 aromatic rings. The van der Waals surface area contributed by atoms with E-state index in [1.165, 1.54) is 68.6 Å². The molecule has 0 radical (unpaired) electrons. The third-order valence-corrected chi connectivity index (χ3v) is 15.5. The summed E-state index contributed by atoms with van der Waals surface area (Å²) in [7, 11) is 11.7. The molecular formula is C68H56F5N12Os3-9. The molecule has 6 aliphatic heterocycles. The minimum atomic E-state index is -5.25. The summed E-state index contributed by atoms with van der Waals surface area (Å²) in [4.78, 5) is 23.2. The zero-order chi connectivity index (χ0) is 58.8. The number of fused-ring (bicyclic) bond motifs is 6. The van der Waals surface area contributed by atoms with Crippen LogP contribution in [0.25, 0.3) is 0 Å². The summed E-state index contributed by atoms with van der Waals surface area (Å²) in [5, 5.41) is 0. The Balaban J connectivity index is 0.000000144. The average molecular weight is 1710 g/mol. The molecule has 0 aromatic heterocycles. The fourth-order valence-electron chi connectivity index (χ4n) is 11.5. The molecule has 0 saturated heterocycles. The molecule has 456 valence electrons. The first-order valence-electron chi connectivity index (χ1n) is 27.4. The Labute approximate surface area is 550 Å². The molecule has 0 fully saturated rings. The second-order valence-electron chi connectivity index (χ2n) is 21.1. The van der Waals surface area contributed by atoms with E-state index >= 15 is 8.78 Å². The van der Waals surface area contributed by atoms with Gasteiger partial charge in [0.15, 0.2) is 0 Å². The number of hydrogen-bond acceptors (Lipinski definition) is 12. The van der Waals surface area contributed by atoms with Gasteiger partial charge in [0.1, 0.15) is 0 Å². The third-order valence-electron chi connectivity index (χ3n) is 15.5.